The predicted molar refractivity (Wildman–Crippen MR) is 88.4 cm³/mol. The molecular formula is C19H24F4O6. The Kier molecular flexibility index (Phi) is 4.88. The van der Waals surface area contributed by atoms with Gasteiger partial charge in [-0.05, 0) is 44.4 Å². The third-order valence-corrected chi connectivity index (χ3v) is 6.87. The molecule has 5 fully saturated rings. The summed E-state index contributed by atoms with van der Waals surface area (Å²) in [7, 11) is 0. The molecule has 5 aliphatic rings. The number of carboxylic acid groups (broad SMARTS) is 1. The summed E-state index contributed by atoms with van der Waals surface area (Å²) in [6.45, 7) is -2.81. The van der Waals surface area contributed by atoms with Gasteiger partial charge in [-0.25, -0.2) is 0 Å². The van der Waals surface area contributed by atoms with Crippen molar-refractivity contribution in [3.63, 3.8) is 0 Å². The molecule has 0 amide bonds. The van der Waals surface area contributed by atoms with Crippen LogP contribution in [-0.4, -0.2) is 53.5 Å². The van der Waals surface area contributed by atoms with E-state index < -0.39 is 60.2 Å². The van der Waals surface area contributed by atoms with Crippen LogP contribution in [0.1, 0.15) is 51.4 Å². The van der Waals surface area contributed by atoms with Crippen molar-refractivity contribution in [2.75, 3.05) is 13.2 Å². The van der Waals surface area contributed by atoms with Gasteiger partial charge in [0.25, 0.3) is 0 Å². The highest BCUT2D eigenvalue weighted by Gasteiger charge is 2.69. The Morgan fingerprint density at radius 1 is 0.931 bits per heavy atom. The van der Waals surface area contributed by atoms with E-state index in [0.29, 0.717) is 32.1 Å². The number of carbonyl (C=O) groups excluding carboxylic acids is 1. The van der Waals surface area contributed by atoms with Crippen molar-refractivity contribution in [2.45, 2.75) is 74.6 Å². The maximum atomic E-state index is 13.8. The third-order valence-electron chi connectivity index (χ3n) is 6.87. The molecule has 5 rings (SSSR count). The zero-order valence-corrected chi connectivity index (χ0v) is 15.8. The minimum atomic E-state index is -4.31. The Morgan fingerprint density at radius 2 is 1.48 bits per heavy atom. The van der Waals surface area contributed by atoms with E-state index in [1.165, 1.54) is 0 Å². The Bertz CT molecular complexity index is 660. The van der Waals surface area contributed by atoms with Crippen molar-refractivity contribution in [1.82, 2.24) is 0 Å². The number of aliphatic carboxylic acids is 1. The number of halogens is 4. The van der Waals surface area contributed by atoms with Gasteiger partial charge in [0.2, 0.25) is 0 Å². The number of esters is 1. The molecule has 1 saturated heterocycles. The van der Waals surface area contributed by atoms with Gasteiger partial charge in [-0.3, -0.25) is 9.59 Å². The first kappa shape index (κ1) is 20.8. The van der Waals surface area contributed by atoms with E-state index in [1.807, 2.05) is 0 Å². The second kappa shape index (κ2) is 6.80. The summed E-state index contributed by atoms with van der Waals surface area (Å²) in [5, 5.41) is 8.68. The van der Waals surface area contributed by atoms with E-state index in [1.54, 1.807) is 0 Å². The molecule has 164 valence electrons. The predicted octanol–water partition coefficient (Wildman–Crippen LogP) is 3.38. The van der Waals surface area contributed by atoms with Crippen LogP contribution < -0.4 is 0 Å². The van der Waals surface area contributed by atoms with Gasteiger partial charge in [-0.2, -0.15) is 17.6 Å². The van der Waals surface area contributed by atoms with Gasteiger partial charge < -0.3 is 19.3 Å². The minimum absolute atomic E-state index is 0.0232. The van der Waals surface area contributed by atoms with E-state index in [-0.39, 0.29) is 25.2 Å². The van der Waals surface area contributed by atoms with Crippen LogP contribution in [0.25, 0.3) is 0 Å². The summed E-state index contributed by atoms with van der Waals surface area (Å²) in [4.78, 5) is 22.8. The van der Waals surface area contributed by atoms with E-state index in [4.69, 9.17) is 19.3 Å². The third kappa shape index (κ3) is 3.52. The average molecular weight is 424 g/mol. The summed E-state index contributed by atoms with van der Waals surface area (Å²) in [5.41, 5.74) is -0.786. The fourth-order valence-electron chi connectivity index (χ4n) is 5.79. The lowest BCUT2D eigenvalue weighted by atomic mass is 9.51. The molecule has 1 aliphatic heterocycles. The first-order chi connectivity index (χ1) is 13.5. The van der Waals surface area contributed by atoms with Crippen LogP contribution in [0.2, 0.25) is 0 Å². The molecule has 0 aromatic carbocycles. The van der Waals surface area contributed by atoms with Crippen molar-refractivity contribution in [3.8, 4) is 0 Å². The Morgan fingerprint density at radius 3 is 2.00 bits per heavy atom. The molecule has 4 saturated carbocycles. The van der Waals surface area contributed by atoms with Crippen LogP contribution in [0, 0.1) is 17.8 Å². The maximum Gasteiger partial charge on any atom is 0.335 e. The molecule has 0 aromatic rings. The number of carbonyl (C=O) groups is 2. The van der Waals surface area contributed by atoms with Gasteiger partial charge in [0, 0.05) is 24.7 Å². The molecule has 1 N–H and O–H groups in total. The molecule has 1 heterocycles. The molecular weight excluding hydrogens is 400 g/mol. The maximum absolute atomic E-state index is 13.8. The summed E-state index contributed by atoms with van der Waals surface area (Å²) in [6.07, 6.45) is 2.43. The highest BCUT2D eigenvalue weighted by molar-refractivity contribution is 5.72. The van der Waals surface area contributed by atoms with Gasteiger partial charge in [-0.15, -0.1) is 0 Å². The van der Waals surface area contributed by atoms with Crippen LogP contribution in [-0.2, 0) is 23.8 Å². The van der Waals surface area contributed by atoms with Gasteiger partial charge in [0.05, 0.1) is 0 Å². The first-order valence-corrected chi connectivity index (χ1v) is 9.94. The largest absolute Gasteiger partial charge is 0.481 e. The zero-order valence-electron chi connectivity index (χ0n) is 15.8. The Balaban J connectivity index is 1.48. The molecule has 29 heavy (non-hydrogen) atoms. The highest BCUT2D eigenvalue weighted by Crippen LogP contribution is 2.63. The average Bonchev–Trinajstić information content (AvgIpc) is 2.68. The Labute approximate surface area is 164 Å². The van der Waals surface area contributed by atoms with Crippen molar-refractivity contribution < 1.29 is 46.5 Å². The minimum Gasteiger partial charge on any atom is -0.481 e. The number of carboxylic acids is 1. The normalized spacial score (nSPS) is 38.6. The fourth-order valence-corrected chi connectivity index (χ4v) is 5.79. The van der Waals surface area contributed by atoms with Crippen molar-refractivity contribution in [3.05, 3.63) is 0 Å². The summed E-state index contributed by atoms with van der Waals surface area (Å²) >= 11 is 0. The molecule has 1 spiro atoms. The van der Waals surface area contributed by atoms with Crippen LogP contribution in [0.3, 0.4) is 0 Å². The summed E-state index contributed by atoms with van der Waals surface area (Å²) in [6, 6.07) is 0. The SMILES string of the molecule is O=C(O)CCCC(=O)OC12CC3CC(C1)C1(OCC(F)(F)C(F)(F)CO1)C(C3)C2. The molecule has 6 nitrogen and oxygen atoms in total. The van der Waals surface area contributed by atoms with Gasteiger partial charge in [0.1, 0.15) is 18.8 Å². The van der Waals surface area contributed by atoms with Crippen LogP contribution in [0.4, 0.5) is 17.6 Å². The second-order valence-corrected chi connectivity index (χ2v) is 8.96. The van der Waals surface area contributed by atoms with Crippen molar-refractivity contribution in [1.29, 1.82) is 0 Å². The van der Waals surface area contributed by atoms with Crippen molar-refractivity contribution >= 4 is 11.9 Å². The number of hydrogen-bond donors (Lipinski definition) is 1. The number of ether oxygens (including phenoxy) is 3. The van der Waals surface area contributed by atoms with Gasteiger partial charge in [0.15, 0.2) is 5.79 Å². The molecule has 2 atom stereocenters. The Hall–Kier alpha value is -1.42. The quantitative estimate of drug-likeness (QED) is 0.538. The van der Waals surface area contributed by atoms with E-state index in [9.17, 15) is 27.2 Å². The van der Waals surface area contributed by atoms with E-state index in [2.05, 4.69) is 0 Å². The van der Waals surface area contributed by atoms with Gasteiger partial charge >= 0.3 is 23.8 Å². The fraction of sp³-hybridized carbons (Fsp3) is 0.895. The molecule has 10 heteroatoms. The van der Waals surface area contributed by atoms with Crippen molar-refractivity contribution in [2.24, 2.45) is 17.8 Å². The van der Waals surface area contributed by atoms with E-state index in [0.717, 1.165) is 0 Å². The zero-order chi connectivity index (χ0) is 21.1. The molecule has 2 unspecified atom stereocenters. The summed E-state index contributed by atoms with van der Waals surface area (Å²) < 4.78 is 71.7. The topological polar surface area (TPSA) is 82.1 Å². The monoisotopic (exact) mass is 424 g/mol. The van der Waals surface area contributed by atoms with Gasteiger partial charge in [-0.1, -0.05) is 0 Å². The lowest BCUT2D eigenvalue weighted by Crippen LogP contribution is -2.66. The first-order valence-electron chi connectivity index (χ1n) is 9.94. The molecule has 4 bridgehead atoms. The molecule has 0 aromatic heterocycles. The highest BCUT2D eigenvalue weighted by atomic mass is 19.3. The molecule has 4 aliphatic carbocycles. The lowest BCUT2D eigenvalue weighted by molar-refractivity contribution is -0.354. The number of hydrogen-bond acceptors (Lipinski definition) is 5. The standard InChI is InChI=1S/C19H24F4O6/c20-17(21)9-27-19(28-10-18(17,22)23)12-4-11-5-13(19)8-16(6-11,7-12)29-15(26)3-1-2-14(24)25/h11-13H,1-10H2,(H,24,25). The smallest absolute Gasteiger partial charge is 0.335 e. The number of alkyl halides is 4. The lowest BCUT2D eigenvalue weighted by Gasteiger charge is -2.63. The van der Waals surface area contributed by atoms with Crippen LogP contribution >= 0.6 is 0 Å². The second-order valence-electron chi connectivity index (χ2n) is 8.96. The van der Waals surface area contributed by atoms with Crippen LogP contribution in [0.5, 0.6) is 0 Å². The van der Waals surface area contributed by atoms with E-state index >= 15 is 0 Å². The number of rotatable bonds is 5. The molecule has 0 radical (unpaired) electrons. The van der Waals surface area contributed by atoms with Crippen LogP contribution in [0.15, 0.2) is 0 Å². The summed E-state index contributed by atoms with van der Waals surface area (Å²) in [5.74, 6) is -12.2.